The van der Waals surface area contributed by atoms with Gasteiger partial charge < -0.3 is 10.7 Å². The summed E-state index contributed by atoms with van der Waals surface area (Å²) >= 11 is 2.75. The average molecular weight is 343 g/mol. The number of nitrogens with two attached hydrogens (primary N) is 1. The van der Waals surface area contributed by atoms with Crippen LogP contribution < -0.4 is 5.73 Å². The summed E-state index contributed by atoms with van der Waals surface area (Å²) in [5.74, 6) is -0.814. The third kappa shape index (κ3) is 2.16. The number of benzene rings is 1. The van der Waals surface area contributed by atoms with Gasteiger partial charge in [-0.15, -0.1) is 22.7 Å². The summed E-state index contributed by atoms with van der Waals surface area (Å²) in [4.78, 5) is 19.7. The van der Waals surface area contributed by atoms with Gasteiger partial charge in [0, 0.05) is 16.7 Å². The highest BCUT2D eigenvalue weighted by molar-refractivity contribution is 7.18. The summed E-state index contributed by atoms with van der Waals surface area (Å²) in [5, 5.41) is 1.70. The number of thiophene rings is 1. The molecular weight excluding hydrogens is 333 g/mol. The van der Waals surface area contributed by atoms with E-state index in [9.17, 15) is 9.18 Å². The lowest BCUT2D eigenvalue weighted by molar-refractivity contribution is 0.100. The van der Waals surface area contributed by atoms with Gasteiger partial charge in [-0.05, 0) is 17.5 Å². The number of hydrogen-bond acceptors (Lipinski definition) is 4. The van der Waals surface area contributed by atoms with E-state index < -0.39 is 5.91 Å². The van der Waals surface area contributed by atoms with E-state index in [1.807, 2.05) is 6.07 Å². The fraction of sp³-hybridized carbons (Fsp3) is 0. The molecule has 1 amide bonds. The zero-order valence-electron chi connectivity index (χ0n) is 11.7. The first-order valence-electron chi connectivity index (χ1n) is 6.74. The number of aromatic nitrogens is 2. The number of amides is 1. The van der Waals surface area contributed by atoms with Gasteiger partial charge >= 0.3 is 0 Å². The molecule has 4 nitrogen and oxygen atoms in total. The molecule has 4 rings (SSSR count). The number of rotatable bonds is 3. The zero-order chi connectivity index (χ0) is 16.0. The average Bonchev–Trinajstić information content (AvgIpc) is 3.22. The third-order valence-electron chi connectivity index (χ3n) is 3.59. The van der Waals surface area contributed by atoms with Gasteiger partial charge in [-0.1, -0.05) is 18.2 Å². The second-order valence-electron chi connectivity index (χ2n) is 4.91. The molecule has 0 atom stereocenters. The Hall–Kier alpha value is -2.51. The highest BCUT2D eigenvalue weighted by Gasteiger charge is 2.23. The predicted molar refractivity (Wildman–Crippen MR) is 91.2 cm³/mol. The molecule has 0 spiro atoms. The number of primary amides is 1. The summed E-state index contributed by atoms with van der Waals surface area (Å²) in [6.07, 6.45) is 0. The van der Waals surface area contributed by atoms with Crippen LogP contribution in [-0.4, -0.2) is 15.9 Å². The number of nitrogens with zero attached hydrogens (tertiary/aromatic N) is 1. The summed E-state index contributed by atoms with van der Waals surface area (Å²) in [5.41, 5.74) is 10.3. The molecule has 0 saturated heterocycles. The van der Waals surface area contributed by atoms with Gasteiger partial charge in [-0.2, -0.15) is 0 Å². The molecule has 4 aromatic rings. The number of halogens is 1. The van der Waals surface area contributed by atoms with E-state index in [0.717, 1.165) is 10.3 Å². The van der Waals surface area contributed by atoms with Crippen LogP contribution in [-0.2, 0) is 0 Å². The van der Waals surface area contributed by atoms with E-state index >= 15 is 0 Å². The van der Waals surface area contributed by atoms with Crippen LogP contribution in [0.3, 0.4) is 0 Å². The molecule has 0 radical (unpaired) electrons. The van der Waals surface area contributed by atoms with Gasteiger partial charge in [0.05, 0.1) is 20.8 Å². The van der Waals surface area contributed by atoms with Crippen molar-refractivity contribution in [3.05, 3.63) is 52.6 Å². The number of carbonyl (C=O) groups excluding carboxylic acids is 1. The Morgan fingerprint density at radius 1 is 1.22 bits per heavy atom. The molecule has 3 heterocycles. The summed E-state index contributed by atoms with van der Waals surface area (Å²) in [7, 11) is 0. The third-order valence-corrected chi connectivity index (χ3v) is 5.34. The van der Waals surface area contributed by atoms with Crippen LogP contribution >= 0.6 is 22.7 Å². The minimum atomic E-state index is -0.524. The maximum atomic E-state index is 14.2. The fourth-order valence-electron chi connectivity index (χ4n) is 2.61. The van der Waals surface area contributed by atoms with E-state index in [1.165, 1.54) is 28.7 Å². The maximum Gasteiger partial charge on any atom is 0.249 e. The van der Waals surface area contributed by atoms with Crippen LogP contribution in [0.2, 0.25) is 0 Å². The smallest absolute Gasteiger partial charge is 0.249 e. The van der Waals surface area contributed by atoms with Crippen molar-refractivity contribution in [2.75, 3.05) is 0 Å². The molecule has 0 aliphatic heterocycles. The van der Waals surface area contributed by atoms with Crippen LogP contribution in [0.5, 0.6) is 0 Å². The number of carbonyl (C=O) groups is 1. The standard InChI is InChI=1S/C16H10FN3OS2/c17-10-5-6-22-13(10)11-12(20-16-14(11)23-7-19-16)8-3-1-2-4-9(8)15(18)21/h1-7,20H,(H2,18,21). The Morgan fingerprint density at radius 3 is 2.78 bits per heavy atom. The van der Waals surface area contributed by atoms with Crippen molar-refractivity contribution in [1.82, 2.24) is 9.97 Å². The van der Waals surface area contributed by atoms with Crippen molar-refractivity contribution in [2.45, 2.75) is 0 Å². The Balaban J connectivity index is 2.08. The number of H-pyrrole nitrogens is 1. The topological polar surface area (TPSA) is 71.8 Å². The Labute approximate surface area is 138 Å². The van der Waals surface area contributed by atoms with Crippen LogP contribution in [0.4, 0.5) is 4.39 Å². The van der Waals surface area contributed by atoms with Crippen molar-refractivity contribution >= 4 is 38.9 Å². The number of hydrogen-bond donors (Lipinski definition) is 2. The van der Waals surface area contributed by atoms with E-state index in [2.05, 4.69) is 9.97 Å². The molecule has 3 N–H and O–H groups in total. The molecule has 114 valence electrons. The largest absolute Gasteiger partial charge is 0.366 e. The Morgan fingerprint density at radius 2 is 2.04 bits per heavy atom. The monoisotopic (exact) mass is 343 g/mol. The Bertz CT molecular complexity index is 1030. The van der Waals surface area contributed by atoms with E-state index in [-0.39, 0.29) is 5.82 Å². The van der Waals surface area contributed by atoms with Crippen molar-refractivity contribution in [2.24, 2.45) is 5.73 Å². The SMILES string of the molecule is NC(=O)c1ccccc1-c1[nH]c2ncsc2c1-c1sccc1F. The first-order chi connectivity index (χ1) is 11.2. The second-order valence-corrected chi connectivity index (χ2v) is 6.68. The van der Waals surface area contributed by atoms with Crippen molar-refractivity contribution in [3.63, 3.8) is 0 Å². The van der Waals surface area contributed by atoms with Crippen LogP contribution in [0.15, 0.2) is 41.2 Å². The summed E-state index contributed by atoms with van der Waals surface area (Å²) in [6.45, 7) is 0. The molecule has 0 saturated carbocycles. The van der Waals surface area contributed by atoms with Crippen molar-refractivity contribution in [3.8, 4) is 21.7 Å². The van der Waals surface area contributed by atoms with Gasteiger partial charge in [0.1, 0.15) is 11.5 Å². The zero-order valence-corrected chi connectivity index (χ0v) is 13.3. The van der Waals surface area contributed by atoms with Gasteiger partial charge in [0.2, 0.25) is 5.91 Å². The molecule has 0 aliphatic carbocycles. The van der Waals surface area contributed by atoms with Gasteiger partial charge in [-0.25, -0.2) is 9.37 Å². The Kier molecular flexibility index (Phi) is 3.24. The fourth-order valence-corrected chi connectivity index (χ4v) is 4.31. The summed E-state index contributed by atoms with van der Waals surface area (Å²) in [6, 6.07) is 8.46. The van der Waals surface area contributed by atoms with Crippen LogP contribution in [0, 0.1) is 5.82 Å². The number of nitrogens with one attached hydrogen (secondary N) is 1. The minimum Gasteiger partial charge on any atom is -0.366 e. The summed E-state index contributed by atoms with van der Waals surface area (Å²) < 4.78 is 15.1. The highest BCUT2D eigenvalue weighted by Crippen LogP contribution is 2.43. The van der Waals surface area contributed by atoms with Gasteiger partial charge in [0.25, 0.3) is 0 Å². The molecule has 3 aromatic heterocycles. The first-order valence-corrected chi connectivity index (χ1v) is 8.50. The van der Waals surface area contributed by atoms with E-state index in [4.69, 9.17) is 5.73 Å². The first kappa shape index (κ1) is 14.1. The molecule has 0 fully saturated rings. The van der Waals surface area contributed by atoms with Gasteiger partial charge in [0.15, 0.2) is 0 Å². The van der Waals surface area contributed by atoms with Crippen LogP contribution in [0.1, 0.15) is 10.4 Å². The van der Waals surface area contributed by atoms with Crippen molar-refractivity contribution in [1.29, 1.82) is 0 Å². The minimum absolute atomic E-state index is 0.290. The van der Waals surface area contributed by atoms with E-state index in [0.29, 0.717) is 27.3 Å². The molecule has 0 aliphatic rings. The lowest BCUT2D eigenvalue weighted by atomic mass is 10.0. The number of thiazole rings is 1. The maximum absolute atomic E-state index is 14.2. The molecule has 0 bridgehead atoms. The van der Waals surface area contributed by atoms with Gasteiger partial charge in [-0.3, -0.25) is 4.79 Å². The number of aromatic amines is 1. The molecule has 23 heavy (non-hydrogen) atoms. The molecule has 1 aromatic carbocycles. The van der Waals surface area contributed by atoms with E-state index in [1.54, 1.807) is 29.1 Å². The lowest BCUT2D eigenvalue weighted by Crippen LogP contribution is -2.12. The number of fused-ring (bicyclic) bond motifs is 1. The highest BCUT2D eigenvalue weighted by atomic mass is 32.1. The molecule has 7 heteroatoms. The van der Waals surface area contributed by atoms with Crippen molar-refractivity contribution < 1.29 is 9.18 Å². The predicted octanol–water partition coefficient (Wildman–Crippen LogP) is 4.26. The quantitative estimate of drug-likeness (QED) is 0.583. The second kappa shape index (κ2) is 5.29. The van der Waals surface area contributed by atoms with Crippen LogP contribution in [0.25, 0.3) is 32.0 Å². The normalized spacial score (nSPS) is 11.2. The molecule has 0 unspecified atom stereocenters. The molecular formula is C16H10FN3OS2. The lowest BCUT2D eigenvalue weighted by Gasteiger charge is -2.07.